The minimum atomic E-state index is -0.941. The third kappa shape index (κ3) is 3.66. The van der Waals surface area contributed by atoms with Crippen LogP contribution in [-0.4, -0.2) is 40.3 Å². The summed E-state index contributed by atoms with van der Waals surface area (Å²) < 4.78 is 0. The van der Waals surface area contributed by atoms with E-state index in [0.29, 0.717) is 0 Å². The molecule has 0 amide bonds. The zero-order valence-electron chi connectivity index (χ0n) is 10.8. The van der Waals surface area contributed by atoms with Crippen molar-refractivity contribution in [2.24, 2.45) is 0 Å². The first-order chi connectivity index (χ1) is 9.20. The average molecular weight is 261 g/mol. The Labute approximate surface area is 113 Å². The lowest BCUT2D eigenvalue weighted by molar-refractivity contribution is -0.131. The Morgan fingerprint density at radius 3 is 2.95 bits per heavy atom. The number of rotatable bonds is 5. The van der Waals surface area contributed by atoms with E-state index in [0.717, 1.165) is 43.1 Å². The maximum atomic E-state index is 10.6. The van der Waals surface area contributed by atoms with Gasteiger partial charge in [-0.05, 0) is 36.6 Å². The summed E-state index contributed by atoms with van der Waals surface area (Å²) in [5, 5.41) is 18.0. The predicted molar refractivity (Wildman–Crippen MR) is 73.6 cm³/mol. The van der Waals surface area contributed by atoms with Crippen LogP contribution in [0.2, 0.25) is 0 Å². The van der Waals surface area contributed by atoms with E-state index in [1.165, 1.54) is 0 Å². The molecule has 1 fully saturated rings. The number of aliphatic hydroxyl groups excluding tert-OH is 1. The molecule has 0 saturated carbocycles. The van der Waals surface area contributed by atoms with Gasteiger partial charge in [0.25, 0.3) is 0 Å². The van der Waals surface area contributed by atoms with Crippen LogP contribution in [0, 0.1) is 0 Å². The van der Waals surface area contributed by atoms with E-state index in [4.69, 9.17) is 5.11 Å². The van der Waals surface area contributed by atoms with Crippen molar-refractivity contribution >= 4 is 12.0 Å². The molecule has 19 heavy (non-hydrogen) atoms. The first-order valence-electron chi connectivity index (χ1n) is 6.54. The molecule has 0 spiro atoms. The number of carbonyl (C=O) groups is 1. The molecule has 4 heteroatoms. The highest BCUT2D eigenvalue weighted by molar-refractivity contribution is 5.85. The molecule has 0 aliphatic carbocycles. The molecule has 1 aliphatic heterocycles. The summed E-state index contributed by atoms with van der Waals surface area (Å²) in [6.45, 7) is 1.93. The minimum absolute atomic E-state index is 0.188. The van der Waals surface area contributed by atoms with Crippen LogP contribution in [-0.2, 0) is 11.3 Å². The molecular weight excluding hydrogens is 242 g/mol. The van der Waals surface area contributed by atoms with Crippen LogP contribution in [0.1, 0.15) is 24.0 Å². The molecule has 1 aromatic rings. The molecule has 4 nitrogen and oxygen atoms in total. The predicted octanol–water partition coefficient (Wildman–Crippen LogP) is 1.74. The Morgan fingerprint density at radius 1 is 1.42 bits per heavy atom. The van der Waals surface area contributed by atoms with Crippen molar-refractivity contribution in [2.75, 3.05) is 13.2 Å². The number of hydrogen-bond acceptors (Lipinski definition) is 3. The quantitative estimate of drug-likeness (QED) is 0.793. The Hall–Kier alpha value is -1.65. The van der Waals surface area contributed by atoms with Gasteiger partial charge in [-0.3, -0.25) is 4.90 Å². The number of aliphatic carboxylic acids is 1. The number of nitrogens with zero attached hydrogens (tertiary/aromatic N) is 1. The highest BCUT2D eigenvalue weighted by Gasteiger charge is 2.23. The van der Waals surface area contributed by atoms with Gasteiger partial charge in [0.15, 0.2) is 0 Å². The highest BCUT2D eigenvalue weighted by atomic mass is 16.4. The molecule has 1 unspecified atom stereocenters. The Bertz CT molecular complexity index is 470. The van der Waals surface area contributed by atoms with Crippen molar-refractivity contribution < 1.29 is 15.0 Å². The second-order valence-electron chi connectivity index (χ2n) is 4.82. The van der Waals surface area contributed by atoms with Crippen LogP contribution < -0.4 is 0 Å². The van der Waals surface area contributed by atoms with E-state index in [1.54, 1.807) is 6.08 Å². The van der Waals surface area contributed by atoms with Crippen molar-refractivity contribution in [1.82, 2.24) is 4.90 Å². The van der Waals surface area contributed by atoms with Crippen LogP contribution in [0.3, 0.4) is 0 Å². The number of hydrogen-bond donors (Lipinski definition) is 2. The lowest BCUT2D eigenvalue weighted by Gasteiger charge is -2.23. The summed E-state index contributed by atoms with van der Waals surface area (Å²) in [5.74, 6) is -0.941. The van der Waals surface area contributed by atoms with Crippen molar-refractivity contribution in [3.8, 4) is 0 Å². The number of carboxylic acids is 1. The summed E-state index contributed by atoms with van der Waals surface area (Å²) in [6, 6.07) is 8.01. The van der Waals surface area contributed by atoms with Gasteiger partial charge >= 0.3 is 5.97 Å². The van der Waals surface area contributed by atoms with Gasteiger partial charge in [0, 0.05) is 18.7 Å². The maximum absolute atomic E-state index is 10.6. The zero-order chi connectivity index (χ0) is 13.7. The third-order valence-electron chi connectivity index (χ3n) is 3.54. The van der Waals surface area contributed by atoms with E-state index in [9.17, 15) is 9.90 Å². The molecule has 1 aliphatic rings. The van der Waals surface area contributed by atoms with Crippen LogP contribution in [0.15, 0.2) is 30.3 Å². The van der Waals surface area contributed by atoms with Crippen molar-refractivity contribution in [1.29, 1.82) is 0 Å². The smallest absolute Gasteiger partial charge is 0.328 e. The second kappa shape index (κ2) is 6.50. The van der Waals surface area contributed by atoms with E-state index < -0.39 is 5.97 Å². The van der Waals surface area contributed by atoms with Gasteiger partial charge in [-0.2, -0.15) is 0 Å². The lowest BCUT2D eigenvalue weighted by Crippen LogP contribution is -2.31. The van der Waals surface area contributed by atoms with E-state index in [-0.39, 0.29) is 12.6 Å². The molecule has 1 saturated heterocycles. The zero-order valence-corrected chi connectivity index (χ0v) is 10.8. The van der Waals surface area contributed by atoms with Gasteiger partial charge in [0.2, 0.25) is 0 Å². The molecule has 1 heterocycles. The number of aliphatic hydroxyl groups is 1. The molecule has 1 aromatic carbocycles. The summed E-state index contributed by atoms with van der Waals surface area (Å²) in [7, 11) is 0. The fourth-order valence-electron chi connectivity index (χ4n) is 2.53. The van der Waals surface area contributed by atoms with E-state index in [2.05, 4.69) is 4.90 Å². The van der Waals surface area contributed by atoms with Gasteiger partial charge in [0.05, 0.1) is 6.61 Å². The first-order valence-corrected chi connectivity index (χ1v) is 6.54. The van der Waals surface area contributed by atoms with E-state index >= 15 is 0 Å². The Kier molecular flexibility index (Phi) is 4.71. The highest BCUT2D eigenvalue weighted by Crippen LogP contribution is 2.21. The molecule has 1 atom stereocenters. The second-order valence-corrected chi connectivity index (χ2v) is 4.82. The van der Waals surface area contributed by atoms with Crippen LogP contribution >= 0.6 is 0 Å². The van der Waals surface area contributed by atoms with Crippen LogP contribution in [0.4, 0.5) is 0 Å². The summed E-state index contributed by atoms with van der Waals surface area (Å²) in [5.41, 5.74) is 2.02. The van der Waals surface area contributed by atoms with Gasteiger partial charge in [-0.25, -0.2) is 4.79 Å². The van der Waals surface area contributed by atoms with Crippen molar-refractivity contribution in [2.45, 2.75) is 25.4 Å². The fraction of sp³-hybridized carbons (Fsp3) is 0.400. The van der Waals surface area contributed by atoms with Crippen LogP contribution in [0.25, 0.3) is 6.08 Å². The average Bonchev–Trinajstić information content (AvgIpc) is 2.85. The molecular formula is C15H19NO3. The van der Waals surface area contributed by atoms with Crippen molar-refractivity contribution in [3.63, 3.8) is 0 Å². The van der Waals surface area contributed by atoms with Gasteiger partial charge in [-0.1, -0.05) is 24.3 Å². The molecule has 2 N–H and O–H groups in total. The van der Waals surface area contributed by atoms with Crippen molar-refractivity contribution in [3.05, 3.63) is 41.5 Å². The minimum Gasteiger partial charge on any atom is -0.478 e. The maximum Gasteiger partial charge on any atom is 0.328 e. The monoisotopic (exact) mass is 261 g/mol. The first kappa shape index (κ1) is 13.8. The number of benzene rings is 1. The summed E-state index contributed by atoms with van der Waals surface area (Å²) >= 11 is 0. The topological polar surface area (TPSA) is 60.8 Å². The Balaban J connectivity index is 2.13. The molecule has 0 aromatic heterocycles. The number of carboxylic acid groups (broad SMARTS) is 1. The van der Waals surface area contributed by atoms with Gasteiger partial charge in [-0.15, -0.1) is 0 Å². The largest absolute Gasteiger partial charge is 0.478 e. The summed E-state index contributed by atoms with van der Waals surface area (Å²) in [4.78, 5) is 12.9. The standard InChI is InChI=1S/C15H19NO3/c17-11-14-6-3-9-16(14)10-13-5-2-1-4-12(13)7-8-15(18)19/h1-2,4-5,7-8,14,17H,3,6,9-11H2,(H,18,19)/b8-7+. The fourth-order valence-corrected chi connectivity index (χ4v) is 2.53. The van der Waals surface area contributed by atoms with Crippen LogP contribution in [0.5, 0.6) is 0 Å². The summed E-state index contributed by atoms with van der Waals surface area (Å²) in [6.07, 6.45) is 4.93. The molecule has 2 rings (SSSR count). The lowest BCUT2D eigenvalue weighted by atomic mass is 10.1. The third-order valence-corrected chi connectivity index (χ3v) is 3.54. The van der Waals surface area contributed by atoms with Gasteiger partial charge < -0.3 is 10.2 Å². The SMILES string of the molecule is O=C(O)/C=C/c1ccccc1CN1CCCC1CO. The van der Waals surface area contributed by atoms with E-state index in [1.807, 2.05) is 24.3 Å². The molecule has 0 bridgehead atoms. The Morgan fingerprint density at radius 2 is 2.21 bits per heavy atom. The molecule has 0 radical (unpaired) electrons. The number of likely N-dealkylation sites (tertiary alicyclic amines) is 1. The van der Waals surface area contributed by atoms with Gasteiger partial charge in [0.1, 0.15) is 0 Å². The molecule has 102 valence electrons. The normalized spacial score (nSPS) is 20.2.